The van der Waals surface area contributed by atoms with Crippen molar-refractivity contribution in [3.8, 4) is 5.75 Å². The molecule has 1 atom stereocenters. The van der Waals surface area contributed by atoms with Gasteiger partial charge in [-0.25, -0.2) is 0 Å². The number of benzene rings is 1. The molecule has 116 valence electrons. The van der Waals surface area contributed by atoms with Gasteiger partial charge in [0.25, 0.3) is 0 Å². The number of Topliss-reactive ketones (excluding diaryl/α,β-unsaturated/α-hetero) is 1. The highest BCUT2D eigenvalue weighted by Crippen LogP contribution is 2.18. The molecule has 0 aromatic heterocycles. The van der Waals surface area contributed by atoms with Crippen molar-refractivity contribution in [2.24, 2.45) is 0 Å². The van der Waals surface area contributed by atoms with Crippen LogP contribution >= 0.6 is 0 Å². The molecule has 1 unspecified atom stereocenters. The number of ether oxygens (including phenoxy) is 1. The molecule has 0 aliphatic carbocycles. The number of nitrogens with zero attached hydrogens (tertiary/aromatic N) is 1. The lowest BCUT2D eigenvalue weighted by Crippen LogP contribution is -2.47. The van der Waals surface area contributed by atoms with Gasteiger partial charge in [0.15, 0.2) is 5.78 Å². The number of hydrogen-bond donors (Lipinski definition) is 1. The second-order valence-corrected chi connectivity index (χ2v) is 5.53. The van der Waals surface area contributed by atoms with Crippen molar-refractivity contribution in [3.05, 3.63) is 29.8 Å². The van der Waals surface area contributed by atoms with Gasteiger partial charge < -0.3 is 10.1 Å². The highest BCUT2D eigenvalue weighted by Gasteiger charge is 2.19. The van der Waals surface area contributed by atoms with Gasteiger partial charge in [-0.15, -0.1) is 0 Å². The van der Waals surface area contributed by atoms with Crippen LogP contribution in [0.1, 0.15) is 37.0 Å². The Morgan fingerprint density at radius 2 is 2.24 bits per heavy atom. The summed E-state index contributed by atoms with van der Waals surface area (Å²) in [5, 5.41) is 3.45. The van der Waals surface area contributed by atoms with E-state index in [1.807, 2.05) is 24.3 Å². The zero-order valence-electron chi connectivity index (χ0n) is 13.1. The van der Waals surface area contributed by atoms with Crippen LogP contribution in [0, 0.1) is 0 Å². The monoisotopic (exact) mass is 290 g/mol. The first-order valence-corrected chi connectivity index (χ1v) is 7.90. The molecule has 1 aromatic carbocycles. The van der Waals surface area contributed by atoms with Crippen molar-refractivity contribution >= 4 is 5.78 Å². The molecule has 0 saturated carbocycles. The summed E-state index contributed by atoms with van der Waals surface area (Å²) in [6, 6.07) is 8.07. The van der Waals surface area contributed by atoms with Crippen LogP contribution in [0.25, 0.3) is 0 Å². The Morgan fingerprint density at radius 1 is 1.43 bits per heavy atom. The maximum absolute atomic E-state index is 11.6. The lowest BCUT2D eigenvalue weighted by molar-refractivity contribution is 0.101. The van der Waals surface area contributed by atoms with Gasteiger partial charge in [0.1, 0.15) is 12.4 Å². The van der Waals surface area contributed by atoms with E-state index in [4.69, 9.17) is 4.74 Å². The molecule has 0 amide bonds. The van der Waals surface area contributed by atoms with Crippen molar-refractivity contribution in [1.82, 2.24) is 10.2 Å². The Morgan fingerprint density at radius 3 is 2.90 bits per heavy atom. The second-order valence-electron chi connectivity index (χ2n) is 5.53. The molecule has 0 spiro atoms. The number of likely N-dealkylation sites (N-methyl/N-ethyl adjacent to an activating group) is 1. The minimum absolute atomic E-state index is 0.0504. The van der Waals surface area contributed by atoms with E-state index in [0.717, 1.165) is 26.2 Å². The van der Waals surface area contributed by atoms with Crippen molar-refractivity contribution in [2.75, 3.05) is 32.8 Å². The van der Waals surface area contributed by atoms with Crippen LogP contribution in [-0.2, 0) is 0 Å². The van der Waals surface area contributed by atoms with Crippen LogP contribution < -0.4 is 10.1 Å². The molecule has 4 heteroatoms. The van der Waals surface area contributed by atoms with Gasteiger partial charge in [0.2, 0.25) is 0 Å². The Bertz CT molecular complexity index is 456. The van der Waals surface area contributed by atoms with Crippen molar-refractivity contribution in [1.29, 1.82) is 0 Å². The number of nitrogens with one attached hydrogen (secondary N) is 1. The van der Waals surface area contributed by atoms with Crippen molar-refractivity contribution < 1.29 is 9.53 Å². The van der Waals surface area contributed by atoms with E-state index in [1.54, 1.807) is 6.92 Å². The maximum atomic E-state index is 11.6. The van der Waals surface area contributed by atoms with E-state index in [2.05, 4.69) is 17.1 Å². The van der Waals surface area contributed by atoms with Gasteiger partial charge >= 0.3 is 0 Å². The molecular formula is C17H26N2O2. The molecule has 1 aromatic rings. The van der Waals surface area contributed by atoms with Gasteiger partial charge in [-0.2, -0.15) is 0 Å². The lowest BCUT2D eigenvalue weighted by Gasteiger charge is -2.33. The second kappa shape index (κ2) is 8.15. The van der Waals surface area contributed by atoms with Crippen molar-refractivity contribution in [3.63, 3.8) is 0 Å². The summed E-state index contributed by atoms with van der Waals surface area (Å²) in [6.45, 7) is 8.52. The summed E-state index contributed by atoms with van der Waals surface area (Å²) in [5.74, 6) is 0.747. The molecule has 1 aliphatic rings. The third-order valence-corrected chi connectivity index (χ3v) is 4.10. The third kappa shape index (κ3) is 4.55. The van der Waals surface area contributed by atoms with Crippen LogP contribution in [0.4, 0.5) is 0 Å². The average Bonchev–Trinajstić information content (AvgIpc) is 2.52. The Balaban J connectivity index is 1.86. The largest absolute Gasteiger partial charge is 0.491 e. The standard InChI is InChI=1S/C17H26N2O2/c1-3-19(15-7-6-10-18-13-15)11-12-21-17-9-5-4-8-16(17)14(2)20/h4-5,8-9,15,18H,3,6-7,10-13H2,1-2H3. The molecule has 0 bridgehead atoms. The van der Waals surface area contributed by atoms with E-state index in [1.165, 1.54) is 12.8 Å². The number of carbonyl (C=O) groups excluding carboxylic acids is 1. The summed E-state index contributed by atoms with van der Waals surface area (Å²) in [6.07, 6.45) is 2.50. The molecule has 2 rings (SSSR count). The predicted octanol–water partition coefficient (Wildman–Crippen LogP) is 2.34. The average molecular weight is 290 g/mol. The fourth-order valence-electron chi connectivity index (χ4n) is 2.90. The molecule has 1 fully saturated rings. The smallest absolute Gasteiger partial charge is 0.163 e. The summed E-state index contributed by atoms with van der Waals surface area (Å²) in [5.41, 5.74) is 0.667. The number of rotatable bonds is 7. The molecular weight excluding hydrogens is 264 g/mol. The quantitative estimate of drug-likeness (QED) is 0.783. The molecule has 1 aliphatic heterocycles. The zero-order chi connectivity index (χ0) is 15.1. The maximum Gasteiger partial charge on any atom is 0.163 e. The lowest BCUT2D eigenvalue weighted by atomic mass is 10.1. The number of carbonyl (C=O) groups is 1. The first kappa shape index (κ1) is 16.0. The van der Waals surface area contributed by atoms with Gasteiger partial charge in [0.05, 0.1) is 5.56 Å². The molecule has 1 heterocycles. The van der Waals surface area contributed by atoms with Gasteiger partial charge in [0, 0.05) is 19.1 Å². The number of hydrogen-bond acceptors (Lipinski definition) is 4. The third-order valence-electron chi connectivity index (χ3n) is 4.10. The molecule has 4 nitrogen and oxygen atoms in total. The van der Waals surface area contributed by atoms with Crippen LogP contribution in [-0.4, -0.2) is 49.5 Å². The number of ketones is 1. The normalized spacial score (nSPS) is 18.7. The topological polar surface area (TPSA) is 41.6 Å². The first-order valence-electron chi connectivity index (χ1n) is 7.90. The molecule has 21 heavy (non-hydrogen) atoms. The molecule has 0 radical (unpaired) electrons. The molecule has 1 saturated heterocycles. The SMILES string of the molecule is CCN(CCOc1ccccc1C(C)=O)C1CCCNC1. The zero-order valence-corrected chi connectivity index (χ0v) is 13.1. The van der Waals surface area contributed by atoms with E-state index in [0.29, 0.717) is 24.0 Å². The van der Waals surface area contributed by atoms with Crippen LogP contribution in [0.15, 0.2) is 24.3 Å². The summed E-state index contributed by atoms with van der Waals surface area (Å²) < 4.78 is 5.84. The first-order chi connectivity index (χ1) is 10.2. The number of piperidine rings is 1. The Hall–Kier alpha value is -1.39. The van der Waals surface area contributed by atoms with Gasteiger partial charge in [-0.05, 0) is 45.0 Å². The van der Waals surface area contributed by atoms with Crippen LogP contribution in [0.2, 0.25) is 0 Å². The van der Waals surface area contributed by atoms with E-state index in [-0.39, 0.29) is 5.78 Å². The summed E-state index contributed by atoms with van der Waals surface area (Å²) in [4.78, 5) is 14.0. The Kier molecular flexibility index (Phi) is 6.21. The fourth-order valence-corrected chi connectivity index (χ4v) is 2.90. The minimum Gasteiger partial charge on any atom is -0.491 e. The van der Waals surface area contributed by atoms with E-state index < -0.39 is 0 Å². The van der Waals surface area contributed by atoms with E-state index >= 15 is 0 Å². The Labute approximate surface area is 127 Å². The van der Waals surface area contributed by atoms with Gasteiger partial charge in [-0.3, -0.25) is 9.69 Å². The van der Waals surface area contributed by atoms with E-state index in [9.17, 15) is 4.79 Å². The van der Waals surface area contributed by atoms with Crippen molar-refractivity contribution in [2.45, 2.75) is 32.7 Å². The predicted molar refractivity (Wildman–Crippen MR) is 85.1 cm³/mol. The summed E-state index contributed by atoms with van der Waals surface area (Å²) in [7, 11) is 0. The fraction of sp³-hybridized carbons (Fsp3) is 0.588. The van der Waals surface area contributed by atoms with Gasteiger partial charge in [-0.1, -0.05) is 19.1 Å². The number of para-hydroxylation sites is 1. The minimum atomic E-state index is 0.0504. The summed E-state index contributed by atoms with van der Waals surface area (Å²) >= 11 is 0. The van der Waals surface area contributed by atoms with Crippen LogP contribution in [0.5, 0.6) is 5.75 Å². The highest BCUT2D eigenvalue weighted by molar-refractivity contribution is 5.96. The highest BCUT2D eigenvalue weighted by atomic mass is 16.5. The van der Waals surface area contributed by atoms with Crippen LogP contribution in [0.3, 0.4) is 0 Å². The molecule has 1 N–H and O–H groups in total.